The molecule has 0 aromatic heterocycles. The van der Waals surface area contributed by atoms with Crippen molar-refractivity contribution in [3.63, 3.8) is 0 Å². The second-order valence-electron chi connectivity index (χ2n) is 2.53. The summed E-state index contributed by atoms with van der Waals surface area (Å²) in [5.41, 5.74) is 0. The maximum Gasteiger partial charge on any atom is 0.243 e. The first-order valence-electron chi connectivity index (χ1n) is 3.93. The van der Waals surface area contributed by atoms with Gasteiger partial charge in [-0.15, -0.1) is 0 Å². The molecule has 0 aliphatic carbocycles. The van der Waals surface area contributed by atoms with E-state index in [1.807, 2.05) is 0 Å². The quantitative estimate of drug-likeness (QED) is 0.602. The van der Waals surface area contributed by atoms with Crippen molar-refractivity contribution >= 4 is 12.4 Å². The first-order valence-corrected chi connectivity index (χ1v) is 3.93. The lowest BCUT2D eigenvalue weighted by atomic mass is 10.0. The Hall–Kier alpha value is -0.830. The van der Waals surface area contributed by atoms with E-state index >= 15 is 0 Å². The maximum absolute atomic E-state index is 8.71. The lowest BCUT2D eigenvalue weighted by Gasteiger charge is -2.08. The minimum atomic E-state index is 0.215. The highest BCUT2D eigenvalue weighted by Crippen LogP contribution is 2.25. The minimum absolute atomic E-state index is 0.215. The summed E-state index contributed by atoms with van der Waals surface area (Å²) in [6, 6.07) is 0. The fourth-order valence-corrected chi connectivity index (χ4v) is 1.14. The monoisotopic (exact) mass is 153 g/mol. The molecule has 0 aromatic rings. The SMILES string of the molecule is CCC(CCO)[C+]1N=CC=N1. The summed E-state index contributed by atoms with van der Waals surface area (Å²) in [6.07, 6.45) is 6.00. The van der Waals surface area contributed by atoms with Crippen LogP contribution in [-0.2, 0) is 0 Å². The standard InChI is InChI=1S/C8H13N2O/c1-2-7(3-6-11)8-9-4-5-10-8/h4-5,7,11H,2-3,6H2,1H3/q+1. The number of hydrogen-bond donors (Lipinski definition) is 1. The number of rotatable bonds is 4. The van der Waals surface area contributed by atoms with Gasteiger partial charge < -0.3 is 5.11 Å². The Balaban J connectivity index is 2.41. The number of aliphatic hydroxyl groups excluding tert-OH is 1. The maximum atomic E-state index is 8.71. The van der Waals surface area contributed by atoms with Gasteiger partial charge in [-0.25, -0.2) is 0 Å². The van der Waals surface area contributed by atoms with E-state index in [0.717, 1.165) is 19.0 Å². The number of hydrogen-bond acceptors (Lipinski definition) is 3. The largest absolute Gasteiger partial charge is 0.396 e. The van der Waals surface area contributed by atoms with Crippen LogP contribution in [0.4, 0.5) is 0 Å². The van der Waals surface area contributed by atoms with Gasteiger partial charge >= 0.3 is 0 Å². The van der Waals surface area contributed by atoms with E-state index in [2.05, 4.69) is 16.9 Å². The van der Waals surface area contributed by atoms with Crippen LogP contribution in [-0.4, -0.2) is 24.1 Å². The van der Waals surface area contributed by atoms with Gasteiger partial charge in [0, 0.05) is 6.61 Å². The van der Waals surface area contributed by atoms with Crippen LogP contribution in [0.5, 0.6) is 0 Å². The molecule has 1 aliphatic heterocycles. The second kappa shape index (κ2) is 4.13. The van der Waals surface area contributed by atoms with Gasteiger partial charge in [0.25, 0.3) is 0 Å². The van der Waals surface area contributed by atoms with E-state index in [1.54, 1.807) is 12.4 Å². The van der Waals surface area contributed by atoms with Crippen molar-refractivity contribution in [3.05, 3.63) is 6.17 Å². The third kappa shape index (κ3) is 2.05. The van der Waals surface area contributed by atoms with Gasteiger partial charge in [0.15, 0.2) is 12.4 Å². The lowest BCUT2D eigenvalue weighted by Crippen LogP contribution is -2.08. The van der Waals surface area contributed by atoms with Crippen molar-refractivity contribution in [1.29, 1.82) is 0 Å². The van der Waals surface area contributed by atoms with Crippen molar-refractivity contribution in [1.82, 2.24) is 0 Å². The molecular weight excluding hydrogens is 140 g/mol. The number of aliphatic imine (C=N–C) groups is 2. The highest BCUT2D eigenvalue weighted by molar-refractivity contribution is 6.18. The first-order chi connectivity index (χ1) is 5.38. The van der Waals surface area contributed by atoms with E-state index in [1.165, 1.54) is 0 Å². The fraction of sp³-hybridized carbons (Fsp3) is 0.625. The van der Waals surface area contributed by atoms with Gasteiger partial charge in [0.2, 0.25) is 6.17 Å². The molecule has 1 aliphatic rings. The van der Waals surface area contributed by atoms with Crippen molar-refractivity contribution < 1.29 is 5.11 Å². The van der Waals surface area contributed by atoms with Crippen LogP contribution in [0, 0.1) is 12.1 Å². The summed E-state index contributed by atoms with van der Waals surface area (Å²) >= 11 is 0. The van der Waals surface area contributed by atoms with E-state index < -0.39 is 0 Å². The van der Waals surface area contributed by atoms with Gasteiger partial charge in [-0.3, -0.25) is 0 Å². The van der Waals surface area contributed by atoms with Gasteiger partial charge in [0.05, 0.1) is 5.92 Å². The number of aliphatic hydroxyl groups is 1. The average Bonchev–Trinajstić information content (AvgIpc) is 2.52. The van der Waals surface area contributed by atoms with Crippen LogP contribution >= 0.6 is 0 Å². The topological polar surface area (TPSA) is 45.0 Å². The molecule has 0 radical (unpaired) electrons. The van der Waals surface area contributed by atoms with Crippen molar-refractivity contribution in [2.45, 2.75) is 19.8 Å². The Morgan fingerprint density at radius 3 is 2.55 bits per heavy atom. The molecule has 0 aromatic carbocycles. The van der Waals surface area contributed by atoms with Crippen LogP contribution in [0.2, 0.25) is 0 Å². The zero-order valence-electron chi connectivity index (χ0n) is 6.70. The summed E-state index contributed by atoms with van der Waals surface area (Å²) in [5, 5.41) is 8.71. The van der Waals surface area contributed by atoms with Gasteiger partial charge in [-0.2, -0.15) is 0 Å². The smallest absolute Gasteiger partial charge is 0.243 e. The molecule has 60 valence electrons. The summed E-state index contributed by atoms with van der Waals surface area (Å²) in [5.74, 6) is 0.329. The third-order valence-electron chi connectivity index (χ3n) is 1.82. The predicted octanol–water partition coefficient (Wildman–Crippen LogP) is 1.04. The van der Waals surface area contributed by atoms with Crippen LogP contribution in [0.15, 0.2) is 9.98 Å². The zero-order valence-corrected chi connectivity index (χ0v) is 6.70. The predicted molar refractivity (Wildman–Crippen MR) is 45.7 cm³/mol. The van der Waals surface area contributed by atoms with Crippen LogP contribution in [0.3, 0.4) is 0 Å². The summed E-state index contributed by atoms with van der Waals surface area (Å²) in [7, 11) is 0. The van der Waals surface area contributed by atoms with Crippen LogP contribution < -0.4 is 0 Å². The molecule has 1 heterocycles. The van der Waals surface area contributed by atoms with E-state index in [0.29, 0.717) is 5.92 Å². The minimum Gasteiger partial charge on any atom is -0.396 e. The average molecular weight is 153 g/mol. The molecule has 0 saturated carbocycles. The lowest BCUT2D eigenvalue weighted by molar-refractivity contribution is 0.257. The van der Waals surface area contributed by atoms with Crippen molar-refractivity contribution in [3.8, 4) is 0 Å². The summed E-state index contributed by atoms with van der Waals surface area (Å²) in [6.45, 7) is 2.30. The molecule has 1 unspecified atom stereocenters. The molecular formula is C8H13N2O+. The highest BCUT2D eigenvalue weighted by Gasteiger charge is 2.26. The van der Waals surface area contributed by atoms with Crippen molar-refractivity contribution in [2.24, 2.45) is 15.9 Å². The molecule has 0 saturated heterocycles. The van der Waals surface area contributed by atoms with Gasteiger partial charge in [0.1, 0.15) is 0 Å². The molecule has 1 rings (SSSR count). The van der Waals surface area contributed by atoms with Crippen LogP contribution in [0.1, 0.15) is 19.8 Å². The second-order valence-corrected chi connectivity index (χ2v) is 2.53. The fourth-order valence-electron chi connectivity index (χ4n) is 1.14. The normalized spacial score (nSPS) is 17.8. The molecule has 1 N–H and O–H groups in total. The Labute approximate surface area is 66.9 Å². The van der Waals surface area contributed by atoms with E-state index in [9.17, 15) is 0 Å². The molecule has 3 nitrogen and oxygen atoms in total. The molecule has 0 bridgehead atoms. The van der Waals surface area contributed by atoms with Crippen LogP contribution in [0.25, 0.3) is 0 Å². The first kappa shape index (κ1) is 8.27. The van der Waals surface area contributed by atoms with Crippen molar-refractivity contribution in [2.75, 3.05) is 6.61 Å². The van der Waals surface area contributed by atoms with Gasteiger partial charge in [-0.05, 0) is 12.8 Å². The summed E-state index contributed by atoms with van der Waals surface area (Å²) in [4.78, 5) is 8.17. The molecule has 1 atom stereocenters. The highest BCUT2D eigenvalue weighted by atomic mass is 16.3. The molecule has 0 spiro atoms. The van der Waals surface area contributed by atoms with Gasteiger partial charge in [-0.1, -0.05) is 16.9 Å². The molecule has 0 amide bonds. The zero-order chi connectivity index (χ0) is 8.10. The Kier molecular flexibility index (Phi) is 3.11. The Morgan fingerprint density at radius 1 is 1.45 bits per heavy atom. The van der Waals surface area contributed by atoms with E-state index in [-0.39, 0.29) is 6.61 Å². The summed E-state index contributed by atoms with van der Waals surface area (Å²) < 4.78 is 0. The Morgan fingerprint density at radius 2 is 2.09 bits per heavy atom. The van der Waals surface area contributed by atoms with E-state index in [4.69, 9.17) is 5.11 Å². The number of nitrogens with zero attached hydrogens (tertiary/aromatic N) is 2. The Bertz CT molecular complexity index is 153. The molecule has 0 fully saturated rings. The molecule has 3 heteroatoms. The third-order valence-corrected chi connectivity index (χ3v) is 1.82. The molecule has 11 heavy (non-hydrogen) atoms.